The summed E-state index contributed by atoms with van der Waals surface area (Å²) in [7, 11) is 0. The fraction of sp³-hybridized carbons (Fsp3) is 1.00. The minimum Gasteiger partial charge on any atom is -0.330 e. The molecule has 2 nitrogen and oxygen atoms in total. The van der Waals surface area contributed by atoms with Crippen molar-refractivity contribution >= 4 is 0 Å². The van der Waals surface area contributed by atoms with Crippen LogP contribution in [0, 0.1) is 5.41 Å². The van der Waals surface area contributed by atoms with Crippen molar-refractivity contribution in [2.45, 2.75) is 44.7 Å². The molecule has 0 aromatic carbocycles. The Kier molecular flexibility index (Phi) is 5.05. The van der Waals surface area contributed by atoms with E-state index < -0.39 is 12.6 Å². The van der Waals surface area contributed by atoms with Gasteiger partial charge in [-0.1, -0.05) is 12.8 Å². The minimum atomic E-state index is -4.03. The van der Waals surface area contributed by atoms with Crippen LogP contribution in [0.15, 0.2) is 0 Å². The van der Waals surface area contributed by atoms with Crippen molar-refractivity contribution in [1.29, 1.82) is 0 Å². The third kappa shape index (κ3) is 4.70. The van der Waals surface area contributed by atoms with Crippen LogP contribution < -0.4 is 11.1 Å². The summed E-state index contributed by atoms with van der Waals surface area (Å²) < 4.78 is 35.6. The molecule has 0 amide bonds. The summed E-state index contributed by atoms with van der Waals surface area (Å²) in [5, 5.41) is 3.11. The average molecular weight is 238 g/mol. The van der Waals surface area contributed by atoms with Gasteiger partial charge in [0.25, 0.3) is 0 Å². The van der Waals surface area contributed by atoms with E-state index >= 15 is 0 Å². The number of halogens is 3. The van der Waals surface area contributed by atoms with Crippen LogP contribution in [-0.2, 0) is 0 Å². The SMILES string of the molecule is NCC1(CNCCCC(F)(F)F)CCCC1. The molecule has 1 saturated carbocycles. The van der Waals surface area contributed by atoms with Gasteiger partial charge in [0.15, 0.2) is 0 Å². The predicted octanol–water partition coefficient (Wildman–Crippen LogP) is 2.44. The Morgan fingerprint density at radius 2 is 1.81 bits per heavy atom. The van der Waals surface area contributed by atoms with E-state index in [1.165, 1.54) is 12.8 Å². The third-order valence-electron chi connectivity index (χ3n) is 3.41. The van der Waals surface area contributed by atoms with Crippen molar-refractivity contribution in [3.05, 3.63) is 0 Å². The van der Waals surface area contributed by atoms with Crippen LogP contribution in [0.2, 0.25) is 0 Å². The molecule has 1 aliphatic carbocycles. The van der Waals surface area contributed by atoms with Gasteiger partial charge in [-0.3, -0.25) is 0 Å². The molecule has 0 bridgehead atoms. The molecule has 0 atom stereocenters. The lowest BCUT2D eigenvalue weighted by Crippen LogP contribution is -2.38. The topological polar surface area (TPSA) is 38.0 Å². The van der Waals surface area contributed by atoms with E-state index in [1.54, 1.807) is 0 Å². The zero-order chi connectivity index (χ0) is 12.1. The maximum absolute atomic E-state index is 11.9. The summed E-state index contributed by atoms with van der Waals surface area (Å²) >= 11 is 0. The van der Waals surface area contributed by atoms with E-state index in [9.17, 15) is 13.2 Å². The van der Waals surface area contributed by atoms with Crippen LogP contribution in [0.4, 0.5) is 13.2 Å². The lowest BCUT2D eigenvalue weighted by molar-refractivity contribution is -0.135. The molecule has 0 aliphatic heterocycles. The van der Waals surface area contributed by atoms with Crippen LogP contribution in [0.3, 0.4) is 0 Å². The Labute approximate surface area is 94.8 Å². The second kappa shape index (κ2) is 5.87. The van der Waals surface area contributed by atoms with Gasteiger partial charge in [0.05, 0.1) is 0 Å². The van der Waals surface area contributed by atoms with Crippen molar-refractivity contribution in [3.63, 3.8) is 0 Å². The maximum Gasteiger partial charge on any atom is 0.389 e. The normalized spacial score (nSPS) is 20.2. The van der Waals surface area contributed by atoms with Gasteiger partial charge >= 0.3 is 6.18 Å². The van der Waals surface area contributed by atoms with Crippen molar-refractivity contribution in [2.24, 2.45) is 11.1 Å². The highest BCUT2D eigenvalue weighted by Gasteiger charge is 2.32. The summed E-state index contributed by atoms with van der Waals surface area (Å²) in [6, 6.07) is 0. The molecule has 0 aromatic rings. The molecule has 0 aromatic heterocycles. The number of hydrogen-bond donors (Lipinski definition) is 2. The Morgan fingerprint density at radius 1 is 1.19 bits per heavy atom. The monoisotopic (exact) mass is 238 g/mol. The van der Waals surface area contributed by atoms with Gasteiger partial charge in [0.1, 0.15) is 0 Å². The third-order valence-corrected chi connectivity index (χ3v) is 3.41. The minimum absolute atomic E-state index is 0.151. The van der Waals surface area contributed by atoms with Gasteiger partial charge in [0, 0.05) is 13.0 Å². The number of rotatable bonds is 6. The molecule has 0 saturated heterocycles. The van der Waals surface area contributed by atoms with Crippen LogP contribution in [0.25, 0.3) is 0 Å². The molecule has 1 fully saturated rings. The molecule has 3 N–H and O–H groups in total. The van der Waals surface area contributed by atoms with Crippen LogP contribution in [0.5, 0.6) is 0 Å². The molecule has 0 unspecified atom stereocenters. The molecule has 1 aliphatic rings. The van der Waals surface area contributed by atoms with Gasteiger partial charge in [-0.2, -0.15) is 13.2 Å². The maximum atomic E-state index is 11.9. The first-order valence-corrected chi connectivity index (χ1v) is 5.95. The van der Waals surface area contributed by atoms with E-state index in [-0.39, 0.29) is 11.8 Å². The second-order valence-corrected chi connectivity index (χ2v) is 4.81. The first kappa shape index (κ1) is 13.8. The molecular formula is C11H21F3N2. The summed E-state index contributed by atoms with van der Waals surface area (Å²) in [4.78, 5) is 0. The molecule has 1 rings (SSSR count). The van der Waals surface area contributed by atoms with Crippen LogP contribution >= 0.6 is 0 Å². The molecule has 0 radical (unpaired) electrons. The van der Waals surface area contributed by atoms with E-state index in [0.29, 0.717) is 13.1 Å². The van der Waals surface area contributed by atoms with Gasteiger partial charge in [0.2, 0.25) is 0 Å². The quantitative estimate of drug-likeness (QED) is 0.697. The molecule has 0 spiro atoms. The van der Waals surface area contributed by atoms with Crippen molar-refractivity contribution < 1.29 is 13.2 Å². The summed E-state index contributed by atoms with van der Waals surface area (Å²) in [6.45, 7) is 1.84. The largest absolute Gasteiger partial charge is 0.389 e. The molecule has 96 valence electrons. The van der Waals surface area contributed by atoms with Crippen molar-refractivity contribution in [1.82, 2.24) is 5.32 Å². The average Bonchev–Trinajstić information content (AvgIpc) is 2.65. The Bertz CT molecular complexity index is 198. The smallest absolute Gasteiger partial charge is 0.330 e. The Hall–Kier alpha value is -0.290. The van der Waals surface area contributed by atoms with E-state index in [2.05, 4.69) is 5.32 Å². The standard InChI is InChI=1S/C11H21F3N2/c12-11(13,14)6-3-7-16-9-10(8-15)4-1-2-5-10/h16H,1-9,15H2. The van der Waals surface area contributed by atoms with Gasteiger partial charge in [-0.25, -0.2) is 0 Å². The highest BCUT2D eigenvalue weighted by molar-refractivity contribution is 4.87. The van der Waals surface area contributed by atoms with Crippen molar-refractivity contribution in [3.8, 4) is 0 Å². The van der Waals surface area contributed by atoms with Gasteiger partial charge in [-0.15, -0.1) is 0 Å². The first-order chi connectivity index (χ1) is 7.47. The van der Waals surface area contributed by atoms with E-state index in [1.807, 2.05) is 0 Å². The lowest BCUT2D eigenvalue weighted by Gasteiger charge is -2.27. The lowest BCUT2D eigenvalue weighted by atomic mass is 9.86. The fourth-order valence-corrected chi connectivity index (χ4v) is 2.35. The number of nitrogens with one attached hydrogen (secondary N) is 1. The van der Waals surface area contributed by atoms with Crippen LogP contribution in [-0.4, -0.2) is 25.8 Å². The van der Waals surface area contributed by atoms with E-state index in [4.69, 9.17) is 5.73 Å². The second-order valence-electron chi connectivity index (χ2n) is 4.81. The number of hydrogen-bond acceptors (Lipinski definition) is 2. The number of alkyl halides is 3. The van der Waals surface area contributed by atoms with Crippen LogP contribution in [0.1, 0.15) is 38.5 Å². The first-order valence-electron chi connectivity index (χ1n) is 5.95. The zero-order valence-electron chi connectivity index (χ0n) is 9.58. The fourth-order valence-electron chi connectivity index (χ4n) is 2.35. The predicted molar refractivity (Wildman–Crippen MR) is 58.1 cm³/mol. The molecule has 0 heterocycles. The number of nitrogens with two attached hydrogens (primary N) is 1. The molecule has 16 heavy (non-hydrogen) atoms. The zero-order valence-corrected chi connectivity index (χ0v) is 9.58. The Balaban J connectivity index is 2.10. The van der Waals surface area contributed by atoms with Gasteiger partial charge in [-0.05, 0) is 37.8 Å². The van der Waals surface area contributed by atoms with E-state index in [0.717, 1.165) is 19.4 Å². The highest BCUT2D eigenvalue weighted by Crippen LogP contribution is 2.36. The molecule has 5 heteroatoms. The summed E-state index contributed by atoms with van der Waals surface area (Å²) in [5.74, 6) is 0. The summed E-state index contributed by atoms with van der Waals surface area (Å²) in [5.41, 5.74) is 5.88. The summed E-state index contributed by atoms with van der Waals surface area (Å²) in [6.07, 6.45) is 0.0365. The van der Waals surface area contributed by atoms with Crippen molar-refractivity contribution in [2.75, 3.05) is 19.6 Å². The highest BCUT2D eigenvalue weighted by atomic mass is 19.4. The Morgan fingerprint density at radius 3 is 2.31 bits per heavy atom. The van der Waals surface area contributed by atoms with Gasteiger partial charge < -0.3 is 11.1 Å². The molecular weight excluding hydrogens is 217 g/mol.